The minimum absolute atomic E-state index is 0.0221. The van der Waals surface area contributed by atoms with Gasteiger partial charge in [0.15, 0.2) is 0 Å². The highest BCUT2D eigenvalue weighted by Gasteiger charge is 2.17. The molecule has 4 heteroatoms. The predicted octanol–water partition coefficient (Wildman–Crippen LogP) is 6.45. The van der Waals surface area contributed by atoms with Crippen LogP contribution < -0.4 is 10.4 Å². The fourth-order valence-electron chi connectivity index (χ4n) is 3.80. The molecule has 0 N–H and O–H groups in total. The monoisotopic (exact) mass is 416 g/mol. The topological polar surface area (TPSA) is 44.1 Å². The summed E-state index contributed by atoms with van der Waals surface area (Å²) in [5.74, 6) is 1.22. The average Bonchev–Trinajstić information content (AvgIpc) is 2.75. The Kier molecular flexibility index (Phi) is 7.11. The maximum absolute atomic E-state index is 13.0. The lowest BCUT2D eigenvalue weighted by Crippen LogP contribution is -2.25. The van der Waals surface area contributed by atoms with E-state index in [0.29, 0.717) is 18.2 Å². The first-order chi connectivity index (χ1) is 14.9. The molecule has 0 atom stereocenters. The van der Waals surface area contributed by atoms with Crippen LogP contribution in [0.25, 0.3) is 22.2 Å². The molecule has 3 aromatic rings. The van der Waals surface area contributed by atoms with E-state index in [4.69, 9.17) is 4.74 Å². The Morgan fingerprint density at radius 3 is 2.35 bits per heavy atom. The molecule has 0 aliphatic carbocycles. The fraction of sp³-hybridized carbons (Fsp3) is 0.333. The summed E-state index contributed by atoms with van der Waals surface area (Å²) in [7, 11) is 0. The maximum atomic E-state index is 13.0. The highest BCUT2D eigenvalue weighted by molar-refractivity contribution is 5.94. The molecule has 0 aliphatic heterocycles. The van der Waals surface area contributed by atoms with E-state index in [1.54, 1.807) is 10.6 Å². The van der Waals surface area contributed by atoms with Crippen molar-refractivity contribution in [2.24, 2.45) is 0 Å². The third-order valence-corrected chi connectivity index (χ3v) is 5.45. The molecule has 0 bridgehead atoms. The van der Waals surface area contributed by atoms with Crippen LogP contribution in [0.1, 0.15) is 57.2 Å². The number of allylic oxidation sites excluding steroid dienone is 1. The Morgan fingerprint density at radius 2 is 1.77 bits per heavy atom. The van der Waals surface area contributed by atoms with E-state index in [-0.39, 0.29) is 11.7 Å². The van der Waals surface area contributed by atoms with Crippen LogP contribution in [0.5, 0.6) is 5.75 Å². The minimum atomic E-state index is -0.251. The van der Waals surface area contributed by atoms with Crippen molar-refractivity contribution < 1.29 is 4.74 Å². The molecular weight excluding hydrogens is 384 g/mol. The molecule has 0 amide bonds. The van der Waals surface area contributed by atoms with Gasteiger partial charge in [-0.3, -0.25) is 4.57 Å². The van der Waals surface area contributed by atoms with Crippen molar-refractivity contribution >= 4 is 10.9 Å². The Hall–Kier alpha value is -3.14. The molecule has 4 nitrogen and oxygen atoms in total. The van der Waals surface area contributed by atoms with Gasteiger partial charge in [0, 0.05) is 23.1 Å². The van der Waals surface area contributed by atoms with Gasteiger partial charge in [-0.25, -0.2) is 4.79 Å². The number of aromatic nitrogens is 2. The number of aryl methyl sites for hydroxylation is 1. The number of hydrogen-bond donors (Lipinski definition) is 0. The molecule has 1 heterocycles. The number of ether oxygens (including phenoxy) is 1. The zero-order valence-corrected chi connectivity index (χ0v) is 19.0. The average molecular weight is 417 g/mol. The van der Waals surface area contributed by atoms with Crippen molar-refractivity contribution in [3.05, 3.63) is 83.3 Å². The van der Waals surface area contributed by atoms with Crippen LogP contribution in [0.4, 0.5) is 0 Å². The third kappa shape index (κ3) is 4.79. The fourth-order valence-corrected chi connectivity index (χ4v) is 3.80. The zero-order valence-electron chi connectivity index (χ0n) is 19.0. The summed E-state index contributed by atoms with van der Waals surface area (Å²) >= 11 is 0. The van der Waals surface area contributed by atoms with E-state index in [9.17, 15) is 4.79 Å². The molecule has 0 saturated carbocycles. The first-order valence-electron chi connectivity index (χ1n) is 10.9. The largest absolute Gasteiger partial charge is 0.489 e. The summed E-state index contributed by atoms with van der Waals surface area (Å²) in [6, 6.07) is 12.4. The van der Waals surface area contributed by atoms with Crippen molar-refractivity contribution in [2.75, 3.05) is 6.61 Å². The molecule has 0 aliphatic rings. The quantitative estimate of drug-likeness (QED) is 0.376. The summed E-state index contributed by atoms with van der Waals surface area (Å²) in [6.45, 7) is 16.3. The lowest BCUT2D eigenvalue weighted by Gasteiger charge is -2.19. The number of nitrogens with zero attached hydrogens (tertiary/aromatic N) is 2. The Morgan fingerprint density at radius 1 is 1.06 bits per heavy atom. The zero-order chi connectivity index (χ0) is 22.5. The van der Waals surface area contributed by atoms with E-state index in [1.165, 1.54) is 5.56 Å². The highest BCUT2D eigenvalue weighted by Crippen LogP contribution is 2.33. The van der Waals surface area contributed by atoms with Gasteiger partial charge in [-0.1, -0.05) is 56.8 Å². The number of benzene rings is 2. The van der Waals surface area contributed by atoms with Crippen molar-refractivity contribution in [1.29, 1.82) is 0 Å². The van der Waals surface area contributed by atoms with E-state index < -0.39 is 0 Å². The molecule has 3 rings (SSSR count). The highest BCUT2D eigenvalue weighted by atomic mass is 16.5. The Labute approximate surface area is 184 Å². The molecule has 0 radical (unpaired) electrons. The Bertz CT molecular complexity index is 1140. The van der Waals surface area contributed by atoms with Crippen LogP contribution in [0, 0.1) is 0 Å². The molecule has 31 heavy (non-hydrogen) atoms. The standard InChI is InChI=1S/C27H32N2O2/c1-7-9-10-22-16-23-24(17-25(22)31-15-8-2)29(19(5)6)27(30)28-26(23)21-13-11-20(12-14-21)18(3)4/h7-8,11-14,16-19H,1-2,9-10,15H2,3-6H3. The second-order valence-corrected chi connectivity index (χ2v) is 8.39. The van der Waals surface area contributed by atoms with E-state index in [0.717, 1.165) is 40.6 Å². The van der Waals surface area contributed by atoms with E-state index in [2.05, 4.69) is 62.3 Å². The SMILES string of the molecule is C=CCCc1cc2c(-c3ccc(C(C)C)cc3)nc(=O)n(C(C)C)c2cc1OCC=C. The smallest absolute Gasteiger partial charge is 0.348 e. The van der Waals surface area contributed by atoms with Crippen LogP contribution in [0.15, 0.2) is 66.5 Å². The van der Waals surface area contributed by atoms with Crippen molar-refractivity contribution in [3.8, 4) is 17.0 Å². The van der Waals surface area contributed by atoms with Gasteiger partial charge < -0.3 is 4.74 Å². The molecular formula is C27H32N2O2. The lowest BCUT2D eigenvalue weighted by molar-refractivity contribution is 0.359. The van der Waals surface area contributed by atoms with Crippen LogP contribution in [0.3, 0.4) is 0 Å². The first-order valence-corrected chi connectivity index (χ1v) is 10.9. The van der Waals surface area contributed by atoms with Gasteiger partial charge in [-0.2, -0.15) is 4.98 Å². The van der Waals surface area contributed by atoms with Crippen molar-refractivity contribution in [1.82, 2.24) is 9.55 Å². The van der Waals surface area contributed by atoms with E-state index >= 15 is 0 Å². The summed E-state index contributed by atoms with van der Waals surface area (Å²) in [6.07, 6.45) is 5.27. The van der Waals surface area contributed by atoms with Crippen LogP contribution in [-0.4, -0.2) is 16.2 Å². The van der Waals surface area contributed by atoms with Crippen LogP contribution >= 0.6 is 0 Å². The molecule has 0 spiro atoms. The second kappa shape index (κ2) is 9.78. The van der Waals surface area contributed by atoms with Gasteiger partial charge in [0.1, 0.15) is 12.4 Å². The van der Waals surface area contributed by atoms with Gasteiger partial charge in [0.25, 0.3) is 0 Å². The molecule has 0 saturated heterocycles. The van der Waals surface area contributed by atoms with Gasteiger partial charge in [0.05, 0.1) is 11.2 Å². The van der Waals surface area contributed by atoms with Gasteiger partial charge in [0.2, 0.25) is 0 Å². The number of fused-ring (bicyclic) bond motifs is 1. The van der Waals surface area contributed by atoms with Gasteiger partial charge >= 0.3 is 5.69 Å². The first kappa shape index (κ1) is 22.5. The van der Waals surface area contributed by atoms with Crippen LogP contribution in [-0.2, 0) is 6.42 Å². The van der Waals surface area contributed by atoms with E-state index in [1.807, 2.05) is 26.0 Å². The molecule has 0 unspecified atom stereocenters. The molecule has 2 aromatic carbocycles. The van der Waals surface area contributed by atoms with Crippen molar-refractivity contribution in [2.45, 2.75) is 52.5 Å². The summed E-state index contributed by atoms with van der Waals surface area (Å²) in [4.78, 5) is 17.5. The van der Waals surface area contributed by atoms with Gasteiger partial charge in [-0.05, 0) is 49.8 Å². The second-order valence-electron chi connectivity index (χ2n) is 8.39. The number of rotatable bonds is 9. The maximum Gasteiger partial charge on any atom is 0.348 e. The summed E-state index contributed by atoms with van der Waals surface area (Å²) in [5, 5.41) is 0.954. The summed E-state index contributed by atoms with van der Waals surface area (Å²) < 4.78 is 7.70. The normalized spacial score (nSPS) is 11.3. The van der Waals surface area contributed by atoms with Crippen molar-refractivity contribution in [3.63, 3.8) is 0 Å². The molecule has 1 aromatic heterocycles. The van der Waals surface area contributed by atoms with Crippen LogP contribution in [0.2, 0.25) is 0 Å². The predicted molar refractivity (Wildman–Crippen MR) is 130 cm³/mol. The lowest BCUT2D eigenvalue weighted by atomic mass is 9.98. The minimum Gasteiger partial charge on any atom is -0.489 e. The summed E-state index contributed by atoms with van der Waals surface area (Å²) in [5.41, 5.74) is 4.57. The number of hydrogen-bond acceptors (Lipinski definition) is 3. The molecule has 0 fully saturated rings. The third-order valence-electron chi connectivity index (χ3n) is 5.45. The van der Waals surface area contributed by atoms with Gasteiger partial charge in [-0.15, -0.1) is 6.58 Å². The Balaban J connectivity index is 2.31. The molecule has 162 valence electrons.